The van der Waals surface area contributed by atoms with E-state index in [0.29, 0.717) is 17.5 Å². The van der Waals surface area contributed by atoms with Gasteiger partial charge < -0.3 is 25.8 Å². The lowest BCUT2D eigenvalue weighted by molar-refractivity contribution is -0.130. The molecule has 4 rings (SSSR count). The molecule has 0 bridgehead atoms. The maximum atomic E-state index is 13.1. The van der Waals surface area contributed by atoms with Crippen molar-refractivity contribution in [2.45, 2.75) is 12.5 Å². The first-order valence-electron chi connectivity index (χ1n) is 11.3. The average molecular weight is 461 g/mol. The zero-order valence-corrected chi connectivity index (χ0v) is 19.8. The fraction of sp³-hybridized carbons (Fsp3) is 0.360. The summed E-state index contributed by atoms with van der Waals surface area (Å²) in [7, 11) is 5.45. The largest absolute Gasteiger partial charge is 0.368 e. The molecule has 1 atom stereocenters. The van der Waals surface area contributed by atoms with Gasteiger partial charge >= 0.3 is 0 Å². The first-order valence-corrected chi connectivity index (χ1v) is 11.3. The molecule has 2 aromatic carbocycles. The van der Waals surface area contributed by atoms with E-state index in [2.05, 4.69) is 38.2 Å². The van der Waals surface area contributed by atoms with E-state index in [0.717, 1.165) is 42.9 Å². The minimum atomic E-state index is -0.697. The van der Waals surface area contributed by atoms with Crippen molar-refractivity contribution in [2.24, 2.45) is 0 Å². The van der Waals surface area contributed by atoms with E-state index < -0.39 is 6.04 Å². The van der Waals surface area contributed by atoms with Crippen LogP contribution in [0.25, 0.3) is 10.9 Å². The first kappa shape index (κ1) is 23.4. The van der Waals surface area contributed by atoms with Crippen molar-refractivity contribution >= 4 is 34.5 Å². The molecule has 2 heterocycles. The Morgan fingerprint density at radius 2 is 1.82 bits per heavy atom. The molecule has 3 aromatic rings. The van der Waals surface area contributed by atoms with E-state index >= 15 is 0 Å². The van der Waals surface area contributed by atoms with Gasteiger partial charge in [0.2, 0.25) is 11.9 Å². The van der Waals surface area contributed by atoms with Gasteiger partial charge in [0, 0.05) is 57.6 Å². The van der Waals surface area contributed by atoms with Gasteiger partial charge in [-0.05, 0) is 36.9 Å². The predicted octanol–water partition coefficient (Wildman–Crippen LogP) is 1.19. The van der Waals surface area contributed by atoms with Gasteiger partial charge in [0.1, 0.15) is 11.9 Å². The number of nitrogens with two attached hydrogens (primary N) is 1. The highest BCUT2D eigenvalue weighted by Gasteiger charge is 2.24. The van der Waals surface area contributed by atoms with Gasteiger partial charge in [0.25, 0.3) is 5.91 Å². The predicted molar refractivity (Wildman–Crippen MR) is 133 cm³/mol. The summed E-state index contributed by atoms with van der Waals surface area (Å²) in [6.45, 7) is 3.56. The Balaban J connectivity index is 1.59. The molecular formula is C25H30N7O2. The van der Waals surface area contributed by atoms with Gasteiger partial charge in [0.15, 0.2) is 0 Å². The molecule has 9 heteroatoms. The number of rotatable bonds is 6. The summed E-state index contributed by atoms with van der Waals surface area (Å²) in [5, 5.41) is 3.74. The Morgan fingerprint density at radius 1 is 1.12 bits per heavy atom. The van der Waals surface area contributed by atoms with Crippen molar-refractivity contribution < 1.29 is 9.59 Å². The molecule has 1 fully saturated rings. The Morgan fingerprint density at radius 3 is 2.50 bits per heavy atom. The van der Waals surface area contributed by atoms with Gasteiger partial charge in [-0.2, -0.15) is 4.98 Å². The fourth-order valence-corrected chi connectivity index (χ4v) is 4.08. The number of aromatic nitrogens is 2. The zero-order valence-electron chi connectivity index (χ0n) is 19.8. The van der Waals surface area contributed by atoms with Crippen LogP contribution in [0.3, 0.4) is 0 Å². The molecule has 3 N–H and O–H groups in total. The number of carbonyl (C=O) groups excluding carboxylic acids is 2. The Hall–Kier alpha value is -3.72. The standard InChI is InChI=1S/C25H30N7O2/c1-30(2)24(34)21(15-17-7-5-4-6-8-17)27-23(33)18-9-10-19-20(16-18)28-25(26)29-22(19)32-13-11-31(3)12-14-32/h5-10,16,21H,11-15H2,1-3H3,(H,27,33)(H2,26,28,29)/t21-/m0/s1. The van der Waals surface area contributed by atoms with Crippen LogP contribution < -0.4 is 16.0 Å². The van der Waals surface area contributed by atoms with E-state index in [4.69, 9.17) is 5.73 Å². The summed E-state index contributed by atoms with van der Waals surface area (Å²) >= 11 is 0. The number of amides is 2. The number of fused-ring (bicyclic) bond motifs is 1. The number of nitrogens with one attached hydrogen (secondary N) is 1. The molecular weight excluding hydrogens is 430 g/mol. The normalized spacial score (nSPS) is 15.2. The van der Waals surface area contributed by atoms with Crippen molar-refractivity contribution in [1.82, 2.24) is 25.1 Å². The molecule has 1 aliphatic rings. The molecule has 0 unspecified atom stereocenters. The number of likely N-dealkylation sites (N-methyl/N-ethyl adjacent to an activating group) is 2. The van der Waals surface area contributed by atoms with Crippen LogP contribution in [-0.4, -0.2) is 84.9 Å². The summed E-state index contributed by atoms with van der Waals surface area (Å²) in [5.74, 6) is 0.429. The molecule has 1 aromatic heterocycles. The second kappa shape index (κ2) is 10.0. The van der Waals surface area contributed by atoms with Crippen LogP contribution >= 0.6 is 0 Å². The molecule has 1 aliphatic heterocycles. The van der Waals surface area contributed by atoms with Crippen molar-refractivity contribution in [3.63, 3.8) is 0 Å². The second-order valence-electron chi connectivity index (χ2n) is 8.80. The van der Waals surface area contributed by atoms with E-state index in [1.165, 1.54) is 4.90 Å². The van der Waals surface area contributed by atoms with Gasteiger partial charge in [0.05, 0.1) is 5.52 Å². The van der Waals surface area contributed by atoms with Crippen LogP contribution in [0.5, 0.6) is 0 Å². The number of hydrogen-bond acceptors (Lipinski definition) is 7. The maximum absolute atomic E-state index is 13.1. The van der Waals surface area contributed by atoms with Crippen molar-refractivity contribution in [3.05, 3.63) is 59.7 Å². The van der Waals surface area contributed by atoms with Crippen LogP contribution in [0.4, 0.5) is 11.8 Å². The summed E-state index contributed by atoms with van der Waals surface area (Å²) in [5.41, 5.74) is 7.96. The molecule has 1 radical (unpaired) electrons. The lowest BCUT2D eigenvalue weighted by Gasteiger charge is -2.33. The van der Waals surface area contributed by atoms with Crippen LogP contribution in [0.2, 0.25) is 0 Å². The van der Waals surface area contributed by atoms with Crippen molar-refractivity contribution in [2.75, 3.05) is 58.0 Å². The SMILES string of the molecule is CN1CCN(c2nc(N)nc3cc(C(=O)N[C@@H](Cc4cc[c]cc4)C(=O)N(C)C)ccc23)CC1. The van der Waals surface area contributed by atoms with E-state index in [-0.39, 0.29) is 17.8 Å². The highest BCUT2D eigenvalue weighted by molar-refractivity contribution is 6.01. The Labute approximate surface area is 199 Å². The summed E-state index contributed by atoms with van der Waals surface area (Å²) in [6, 6.07) is 14.9. The summed E-state index contributed by atoms with van der Waals surface area (Å²) < 4.78 is 0. The highest BCUT2D eigenvalue weighted by atomic mass is 16.2. The highest BCUT2D eigenvalue weighted by Crippen LogP contribution is 2.26. The van der Waals surface area contributed by atoms with E-state index in [1.54, 1.807) is 38.4 Å². The zero-order chi connectivity index (χ0) is 24.2. The third-order valence-corrected chi connectivity index (χ3v) is 6.03. The first-order chi connectivity index (χ1) is 16.3. The second-order valence-corrected chi connectivity index (χ2v) is 8.80. The average Bonchev–Trinajstić information content (AvgIpc) is 2.83. The van der Waals surface area contributed by atoms with E-state index in [1.807, 2.05) is 18.2 Å². The lowest BCUT2D eigenvalue weighted by atomic mass is 10.0. The third-order valence-electron chi connectivity index (χ3n) is 6.03. The number of benzene rings is 2. The minimum absolute atomic E-state index is 0.167. The molecule has 1 saturated heterocycles. The lowest BCUT2D eigenvalue weighted by Crippen LogP contribution is -2.47. The number of nitrogen functional groups attached to an aromatic ring is 1. The maximum Gasteiger partial charge on any atom is 0.252 e. The number of hydrogen-bond donors (Lipinski definition) is 2. The van der Waals surface area contributed by atoms with Crippen LogP contribution in [0.1, 0.15) is 15.9 Å². The van der Waals surface area contributed by atoms with Gasteiger partial charge in [-0.1, -0.05) is 24.3 Å². The van der Waals surface area contributed by atoms with Gasteiger partial charge in [-0.3, -0.25) is 9.59 Å². The minimum Gasteiger partial charge on any atom is -0.368 e. The molecule has 0 spiro atoms. The number of nitrogens with zero attached hydrogens (tertiary/aromatic N) is 5. The smallest absolute Gasteiger partial charge is 0.252 e. The Kier molecular flexibility index (Phi) is 6.93. The number of anilines is 2. The Bertz CT molecular complexity index is 1170. The molecule has 0 aliphatic carbocycles. The van der Waals surface area contributed by atoms with Gasteiger partial charge in [-0.15, -0.1) is 0 Å². The van der Waals surface area contributed by atoms with Crippen molar-refractivity contribution in [3.8, 4) is 0 Å². The van der Waals surface area contributed by atoms with Crippen LogP contribution in [0, 0.1) is 6.07 Å². The van der Waals surface area contributed by atoms with Crippen molar-refractivity contribution in [1.29, 1.82) is 0 Å². The molecule has 34 heavy (non-hydrogen) atoms. The van der Waals surface area contributed by atoms with Crippen LogP contribution in [-0.2, 0) is 11.2 Å². The third kappa shape index (κ3) is 5.26. The van der Waals surface area contributed by atoms with E-state index in [9.17, 15) is 9.59 Å². The topological polar surface area (TPSA) is 108 Å². The van der Waals surface area contributed by atoms with Gasteiger partial charge in [-0.25, -0.2) is 4.98 Å². The monoisotopic (exact) mass is 460 g/mol. The molecule has 9 nitrogen and oxygen atoms in total. The number of piperazine rings is 1. The summed E-state index contributed by atoms with van der Waals surface area (Å²) in [6.07, 6.45) is 0.383. The number of carbonyl (C=O) groups is 2. The quantitative estimate of drug-likeness (QED) is 0.569. The fourth-order valence-electron chi connectivity index (χ4n) is 4.08. The molecule has 2 amide bonds. The van der Waals surface area contributed by atoms with Crippen LogP contribution in [0.15, 0.2) is 42.5 Å². The molecule has 0 saturated carbocycles. The summed E-state index contributed by atoms with van der Waals surface area (Å²) in [4.78, 5) is 40.7. The molecule has 177 valence electrons.